The Hall–Kier alpha value is -6.07. The van der Waals surface area contributed by atoms with Gasteiger partial charge >= 0.3 is 37.2 Å². The number of nitro groups is 1. The zero-order valence-corrected chi connectivity index (χ0v) is 37.9. The number of ether oxygens (including phenoxy) is 4. The average molecular weight is 1040 g/mol. The number of carbonyl (C=O) groups is 4. The van der Waals surface area contributed by atoms with Crippen molar-refractivity contribution in [2.24, 2.45) is 0 Å². The molecular formula is C34H35Cl2F4N6O17PS2. The topological polar surface area (TPSA) is 345 Å². The van der Waals surface area contributed by atoms with Crippen molar-refractivity contribution in [3.8, 4) is 23.3 Å². The predicted molar refractivity (Wildman–Crippen MR) is 224 cm³/mol. The van der Waals surface area contributed by atoms with Crippen molar-refractivity contribution in [3.63, 3.8) is 0 Å². The van der Waals surface area contributed by atoms with Crippen molar-refractivity contribution in [1.29, 1.82) is 0 Å². The van der Waals surface area contributed by atoms with E-state index in [-0.39, 0.29) is 22.0 Å². The number of halogens is 6. The van der Waals surface area contributed by atoms with Gasteiger partial charge in [0, 0.05) is 17.2 Å². The Balaban J connectivity index is 0.000000526. The SMILES string of the molecule is COC(=O)c1cc(Oc2ccc(Cl)cc2Cl)ccc1[N+](=O)[O-].C[S+](C)C.O=C(Nc1nc(OC(F)F)cc(OC(F)F)n1)NS(=O)(=O)c1ccccc1C(=O)O.O=C(O)CNCP(=O)([O-])O. The summed E-state index contributed by atoms with van der Waals surface area (Å²) in [6.07, 6.45) is 5.87. The van der Waals surface area contributed by atoms with Crippen LogP contribution in [0.15, 0.2) is 71.6 Å². The third kappa shape index (κ3) is 22.7. The van der Waals surface area contributed by atoms with Gasteiger partial charge in [0.2, 0.25) is 17.7 Å². The number of alkyl halides is 4. The molecule has 0 aliphatic carbocycles. The second kappa shape index (κ2) is 27.4. The van der Waals surface area contributed by atoms with Crippen LogP contribution in [0.5, 0.6) is 23.3 Å². The van der Waals surface area contributed by atoms with Gasteiger partial charge < -0.3 is 43.5 Å². The maximum atomic E-state index is 12.3. The molecule has 4 aromatic rings. The van der Waals surface area contributed by atoms with Crippen LogP contribution in [0, 0.1) is 10.1 Å². The van der Waals surface area contributed by atoms with Crippen LogP contribution in [0.25, 0.3) is 0 Å². The van der Waals surface area contributed by atoms with E-state index in [4.69, 9.17) is 43.0 Å². The molecule has 0 radical (unpaired) electrons. The Bertz CT molecular complexity index is 2470. The first-order valence-electron chi connectivity index (χ1n) is 16.9. The monoisotopic (exact) mass is 1040 g/mol. The summed E-state index contributed by atoms with van der Waals surface area (Å²) in [6.45, 7) is -7.30. The van der Waals surface area contributed by atoms with E-state index < -0.39 is 101 Å². The van der Waals surface area contributed by atoms with Gasteiger partial charge in [0.1, 0.15) is 29.6 Å². The van der Waals surface area contributed by atoms with Crippen LogP contribution in [-0.2, 0) is 35.0 Å². The molecule has 6 N–H and O–H groups in total. The lowest BCUT2D eigenvalue weighted by Gasteiger charge is -2.14. The maximum Gasteiger partial charge on any atom is 0.388 e. The van der Waals surface area contributed by atoms with Gasteiger partial charge in [-0.05, 0) is 47.3 Å². The molecule has 4 rings (SSSR count). The number of hydrogen-bond donors (Lipinski definition) is 6. The minimum atomic E-state index is -4.71. The number of urea groups is 1. The lowest BCUT2D eigenvalue weighted by molar-refractivity contribution is -0.385. The highest BCUT2D eigenvalue weighted by Crippen LogP contribution is 2.34. The quantitative estimate of drug-likeness (QED) is 0.0214. The molecule has 0 bridgehead atoms. The van der Waals surface area contributed by atoms with Crippen LogP contribution in [0.1, 0.15) is 20.7 Å². The first-order chi connectivity index (χ1) is 30.5. The lowest BCUT2D eigenvalue weighted by atomic mass is 10.1. The number of nitro benzene ring substituents is 1. The van der Waals surface area contributed by atoms with Gasteiger partial charge in [-0.15, -0.1) is 0 Å². The van der Waals surface area contributed by atoms with Crippen molar-refractivity contribution >= 4 is 87.3 Å². The average Bonchev–Trinajstić information content (AvgIpc) is 3.17. The number of aliphatic carboxylic acids is 1. The number of carbonyl (C=O) groups excluding carboxylic acids is 2. The summed E-state index contributed by atoms with van der Waals surface area (Å²) in [5, 5.41) is 32.3. The minimum Gasteiger partial charge on any atom is -0.778 e. The molecule has 1 heterocycles. The molecule has 32 heteroatoms. The number of carboxylic acid groups (broad SMARTS) is 2. The summed E-state index contributed by atoms with van der Waals surface area (Å²) >= 11 is 11.8. The number of esters is 1. The molecule has 0 saturated carbocycles. The summed E-state index contributed by atoms with van der Waals surface area (Å²) in [5.74, 6) is -5.96. The number of aromatic carboxylic acids is 1. The van der Waals surface area contributed by atoms with Gasteiger partial charge in [-0.25, -0.2) is 27.5 Å². The van der Waals surface area contributed by atoms with E-state index in [0.717, 1.165) is 25.3 Å². The Labute approximate surface area is 383 Å². The highest BCUT2D eigenvalue weighted by molar-refractivity contribution is 7.94. The molecule has 23 nitrogen and oxygen atoms in total. The van der Waals surface area contributed by atoms with E-state index in [0.29, 0.717) is 27.7 Å². The van der Waals surface area contributed by atoms with Crippen LogP contribution in [-0.4, -0.2) is 114 Å². The van der Waals surface area contributed by atoms with Gasteiger partial charge in [-0.1, -0.05) is 35.3 Å². The van der Waals surface area contributed by atoms with Crippen molar-refractivity contribution in [2.45, 2.75) is 18.1 Å². The number of nitrogens with one attached hydrogen (secondary N) is 3. The molecule has 3 aromatic carbocycles. The number of rotatable bonds is 16. The fourth-order valence-corrected chi connectivity index (χ4v) is 5.89. The zero-order valence-electron chi connectivity index (χ0n) is 33.9. The highest BCUT2D eigenvalue weighted by atomic mass is 35.5. The van der Waals surface area contributed by atoms with E-state index in [2.05, 4.69) is 42.9 Å². The number of amides is 2. The second-order valence-electron chi connectivity index (χ2n) is 11.9. The van der Waals surface area contributed by atoms with Crippen molar-refractivity contribution in [3.05, 3.63) is 98.0 Å². The molecular weight excluding hydrogens is 1010 g/mol. The number of hydrogen-bond acceptors (Lipinski definition) is 17. The van der Waals surface area contributed by atoms with Crippen molar-refractivity contribution < 1.29 is 93.6 Å². The summed E-state index contributed by atoms with van der Waals surface area (Å²) in [4.78, 5) is 78.5. The van der Waals surface area contributed by atoms with Crippen molar-refractivity contribution in [1.82, 2.24) is 20.0 Å². The molecule has 0 saturated heterocycles. The van der Waals surface area contributed by atoms with Crippen LogP contribution < -0.4 is 34.5 Å². The Morgan fingerprint density at radius 2 is 1.47 bits per heavy atom. The first kappa shape index (κ1) is 57.9. The Morgan fingerprint density at radius 1 is 0.909 bits per heavy atom. The molecule has 1 unspecified atom stereocenters. The van der Waals surface area contributed by atoms with Gasteiger partial charge in [-0.3, -0.25) is 25.5 Å². The van der Waals surface area contributed by atoms with Crippen molar-refractivity contribution in [2.75, 3.05) is 44.0 Å². The predicted octanol–water partition coefficient (Wildman–Crippen LogP) is 5.03. The molecule has 0 spiro atoms. The number of carboxylic acids is 2. The summed E-state index contributed by atoms with van der Waals surface area (Å²) in [7, 11) is -7.29. The number of sulfonamides is 1. The number of anilines is 1. The molecule has 0 fully saturated rings. The van der Waals surface area contributed by atoms with Crippen LogP contribution in [0.2, 0.25) is 10.0 Å². The minimum absolute atomic E-state index is 0.204. The second-order valence-corrected chi connectivity index (χ2v) is 18.5. The standard InChI is InChI=1S/C14H9Cl2NO5.C14H10F4N4O7S.C3H8NO5P.C3H9S/c1-21-14(18)10-7-9(3-4-12(10)17(19)20)22-13-5-2-8(15)6-11(13)16;15-11(16)28-8-5-9(29-12(17)18)20-13(19-8)21-14(25)22-30(26,27)7-4-2-1-3-6(7)10(23)24;5-3(6)1-4-2-10(7,8)9;1-4(2)3/h2-7H,1H3;1-5,11-12H,(H,23,24)(H2,19,20,21,22,25);4H,1-2H2,(H,5,6)(H2,7,8,9);1-3H3/q;;;+1/p-1. The van der Waals surface area contributed by atoms with Gasteiger partial charge in [0.25, 0.3) is 15.7 Å². The molecule has 362 valence electrons. The van der Waals surface area contributed by atoms with E-state index in [1.165, 1.54) is 35.1 Å². The molecule has 0 aliphatic heterocycles. The van der Waals surface area contributed by atoms with Gasteiger partial charge in [-0.2, -0.15) is 27.5 Å². The molecule has 2 amide bonds. The molecule has 66 heavy (non-hydrogen) atoms. The molecule has 1 atom stereocenters. The van der Waals surface area contributed by atoms with E-state index >= 15 is 0 Å². The maximum absolute atomic E-state index is 12.3. The largest absolute Gasteiger partial charge is 0.778 e. The normalized spacial score (nSPS) is 11.5. The lowest BCUT2D eigenvalue weighted by Crippen LogP contribution is -2.35. The number of aromatic nitrogens is 2. The third-order valence-electron chi connectivity index (χ3n) is 6.24. The smallest absolute Gasteiger partial charge is 0.388 e. The molecule has 1 aromatic heterocycles. The Morgan fingerprint density at radius 3 is 1.94 bits per heavy atom. The van der Waals surface area contributed by atoms with Crippen LogP contribution in [0.3, 0.4) is 0 Å². The number of methoxy groups -OCH3 is 1. The number of benzene rings is 3. The van der Waals surface area contributed by atoms with E-state index in [1.54, 1.807) is 17.4 Å². The van der Waals surface area contributed by atoms with Gasteiger partial charge in [0.15, 0.2) is 0 Å². The van der Waals surface area contributed by atoms with Crippen LogP contribution >= 0.6 is 30.8 Å². The first-order valence-corrected chi connectivity index (χ1v) is 23.4. The summed E-state index contributed by atoms with van der Waals surface area (Å²) < 4.78 is 103. The molecule has 0 aliphatic rings. The van der Waals surface area contributed by atoms with Gasteiger partial charge in [0.05, 0.1) is 60.3 Å². The van der Waals surface area contributed by atoms with Crippen LogP contribution in [0.4, 0.5) is 34.0 Å². The highest BCUT2D eigenvalue weighted by Gasteiger charge is 2.25. The fourth-order valence-electron chi connectivity index (χ4n) is 3.95. The Kier molecular flexibility index (Phi) is 24.1. The summed E-state index contributed by atoms with van der Waals surface area (Å²) in [5.41, 5.74) is -1.23. The summed E-state index contributed by atoms with van der Waals surface area (Å²) in [6, 6.07) is 11.6. The fraction of sp³-hybridized carbons (Fsp3) is 0.235. The van der Waals surface area contributed by atoms with E-state index in [9.17, 15) is 64.7 Å². The third-order valence-corrected chi connectivity index (χ3v) is 8.78. The van der Waals surface area contributed by atoms with E-state index in [1.807, 2.05) is 5.32 Å². The zero-order chi connectivity index (χ0) is 50.5. The number of nitrogens with zero attached hydrogens (tertiary/aromatic N) is 3.